The molecular formula is C23H45N3Si. The average Bonchev–Trinajstić information content (AvgIpc) is 2.75. The molecule has 156 valence electrons. The van der Waals surface area contributed by atoms with E-state index in [1.54, 1.807) is 11.1 Å². The first-order valence-corrected chi connectivity index (χ1v) is 13.0. The summed E-state index contributed by atoms with van der Waals surface area (Å²) in [5.74, 6) is 1.59. The summed E-state index contributed by atoms with van der Waals surface area (Å²) in [5.41, 5.74) is 0. The van der Waals surface area contributed by atoms with Crippen molar-refractivity contribution in [2.24, 2.45) is 0 Å². The van der Waals surface area contributed by atoms with Crippen molar-refractivity contribution in [2.45, 2.75) is 114 Å². The highest BCUT2D eigenvalue weighted by atomic mass is 28.1. The third-order valence-corrected chi connectivity index (χ3v) is 9.04. The van der Waals surface area contributed by atoms with Crippen molar-refractivity contribution in [2.75, 3.05) is 21.1 Å². The molecule has 3 rings (SSSR count). The Morgan fingerprint density at radius 3 is 1.15 bits per heavy atom. The van der Waals surface area contributed by atoms with Crippen molar-refractivity contribution in [3.8, 4) is 0 Å². The third kappa shape index (κ3) is 5.24. The normalized spacial score (nSPS) is 23.2. The minimum Gasteiger partial charge on any atom is -0.376 e. The van der Waals surface area contributed by atoms with Gasteiger partial charge in [0.2, 0.25) is 0 Å². The molecule has 3 fully saturated rings. The maximum absolute atomic E-state index is 2.72. The Morgan fingerprint density at radius 2 is 0.815 bits per heavy atom. The second kappa shape index (κ2) is 10.2. The Hall–Kier alpha value is -0.643. The van der Waals surface area contributed by atoms with Crippen LogP contribution in [0.5, 0.6) is 0 Å². The second-order valence-corrected chi connectivity index (χ2v) is 10.6. The van der Waals surface area contributed by atoms with Gasteiger partial charge in [-0.05, 0) is 38.5 Å². The molecule has 0 N–H and O–H groups in total. The van der Waals surface area contributed by atoms with Gasteiger partial charge in [-0.2, -0.15) is 0 Å². The Labute approximate surface area is 172 Å². The molecule has 0 amide bonds. The summed E-state index contributed by atoms with van der Waals surface area (Å²) in [6, 6.07) is 2.28. The van der Waals surface area contributed by atoms with Crippen LogP contribution in [0.2, 0.25) is 0 Å². The molecule has 3 aliphatic rings. The molecule has 0 saturated heterocycles. The van der Waals surface area contributed by atoms with Gasteiger partial charge in [0.25, 0.3) is 0 Å². The molecule has 0 aromatic carbocycles. The van der Waals surface area contributed by atoms with Gasteiger partial charge in [-0.25, -0.2) is 0 Å². The minimum atomic E-state index is 0.753. The molecule has 3 aliphatic carbocycles. The SMILES string of the molecule is CN(C([SiH3])=C(N(C)C1CCCCC1)N(C)C1CCCCC1)C1CCCCC1. The lowest BCUT2D eigenvalue weighted by Gasteiger charge is -2.45. The number of rotatable bonds is 6. The highest BCUT2D eigenvalue weighted by Gasteiger charge is 2.30. The van der Waals surface area contributed by atoms with Gasteiger partial charge in [0.1, 0.15) is 5.82 Å². The standard InChI is InChI=1S/C23H45N3Si/c1-24(19-13-7-4-8-14-19)22(25(2)20-15-9-5-10-16-20)23(27)26(3)21-17-11-6-12-18-21/h19-21H,4-18H2,1-3,27H3. The lowest BCUT2D eigenvalue weighted by molar-refractivity contribution is 0.124. The maximum atomic E-state index is 2.72. The van der Waals surface area contributed by atoms with Crippen LogP contribution in [0.4, 0.5) is 0 Å². The maximum Gasteiger partial charge on any atom is 0.118 e. The highest BCUT2D eigenvalue weighted by molar-refractivity contribution is 6.21. The molecule has 0 aromatic rings. The van der Waals surface area contributed by atoms with Crippen molar-refractivity contribution >= 4 is 10.2 Å². The molecule has 0 heterocycles. The molecular weight excluding hydrogens is 346 g/mol. The molecule has 3 nitrogen and oxygen atoms in total. The van der Waals surface area contributed by atoms with Crippen LogP contribution in [-0.2, 0) is 0 Å². The van der Waals surface area contributed by atoms with Crippen LogP contribution in [0.15, 0.2) is 11.1 Å². The van der Waals surface area contributed by atoms with Crippen LogP contribution >= 0.6 is 0 Å². The summed E-state index contributed by atoms with van der Waals surface area (Å²) < 4.78 is 0. The Balaban J connectivity index is 1.84. The topological polar surface area (TPSA) is 9.72 Å². The van der Waals surface area contributed by atoms with Gasteiger partial charge in [0, 0.05) is 44.6 Å². The quantitative estimate of drug-likeness (QED) is 0.626. The monoisotopic (exact) mass is 391 g/mol. The molecule has 0 unspecified atom stereocenters. The van der Waals surface area contributed by atoms with E-state index >= 15 is 0 Å². The lowest BCUT2D eigenvalue weighted by atomic mass is 9.93. The zero-order chi connectivity index (χ0) is 19.2. The smallest absolute Gasteiger partial charge is 0.118 e. The van der Waals surface area contributed by atoms with Crippen molar-refractivity contribution in [3.63, 3.8) is 0 Å². The highest BCUT2D eigenvalue weighted by Crippen LogP contribution is 2.32. The van der Waals surface area contributed by atoms with Crippen LogP contribution < -0.4 is 0 Å². The van der Waals surface area contributed by atoms with Gasteiger partial charge in [0.05, 0.1) is 10.2 Å². The molecule has 0 bridgehead atoms. The first-order valence-electron chi connectivity index (χ1n) is 12.0. The van der Waals surface area contributed by atoms with Crippen molar-refractivity contribution in [1.29, 1.82) is 0 Å². The van der Waals surface area contributed by atoms with E-state index in [9.17, 15) is 0 Å². The van der Waals surface area contributed by atoms with Crippen molar-refractivity contribution in [3.05, 3.63) is 11.1 Å². The predicted molar refractivity (Wildman–Crippen MR) is 121 cm³/mol. The molecule has 0 aromatic heterocycles. The molecule has 0 aliphatic heterocycles. The van der Waals surface area contributed by atoms with E-state index < -0.39 is 0 Å². The number of hydrogen-bond acceptors (Lipinski definition) is 3. The van der Waals surface area contributed by atoms with E-state index in [4.69, 9.17) is 0 Å². The summed E-state index contributed by atoms with van der Waals surface area (Å²) in [5, 5.41) is 1.66. The fourth-order valence-electron chi connectivity index (χ4n) is 5.94. The van der Waals surface area contributed by atoms with Crippen LogP contribution in [0.3, 0.4) is 0 Å². The third-order valence-electron chi connectivity index (χ3n) is 7.89. The number of hydrogen-bond donors (Lipinski definition) is 0. The molecule has 27 heavy (non-hydrogen) atoms. The van der Waals surface area contributed by atoms with Gasteiger partial charge in [-0.1, -0.05) is 57.8 Å². The summed E-state index contributed by atoms with van der Waals surface area (Å²) in [7, 11) is 8.38. The summed E-state index contributed by atoms with van der Waals surface area (Å²) in [6.07, 6.45) is 21.2. The van der Waals surface area contributed by atoms with Crippen LogP contribution in [0.1, 0.15) is 96.3 Å². The van der Waals surface area contributed by atoms with Gasteiger partial charge in [0.15, 0.2) is 0 Å². The van der Waals surface area contributed by atoms with Crippen molar-refractivity contribution in [1.82, 2.24) is 14.7 Å². The zero-order valence-corrected chi connectivity index (χ0v) is 20.7. The zero-order valence-electron chi connectivity index (χ0n) is 18.7. The lowest BCUT2D eigenvalue weighted by Crippen LogP contribution is -2.46. The largest absolute Gasteiger partial charge is 0.376 e. The van der Waals surface area contributed by atoms with Gasteiger partial charge < -0.3 is 14.7 Å². The van der Waals surface area contributed by atoms with Crippen LogP contribution in [0, 0.1) is 0 Å². The Kier molecular flexibility index (Phi) is 7.98. The van der Waals surface area contributed by atoms with Gasteiger partial charge in [-0.3, -0.25) is 0 Å². The first-order chi connectivity index (χ1) is 13.1. The summed E-state index contributed by atoms with van der Waals surface area (Å²) in [4.78, 5) is 8.14. The molecule has 4 heteroatoms. The fourth-order valence-corrected chi connectivity index (χ4v) is 7.01. The summed E-state index contributed by atoms with van der Waals surface area (Å²) >= 11 is 0. The van der Waals surface area contributed by atoms with E-state index in [1.165, 1.54) is 96.3 Å². The minimum absolute atomic E-state index is 0.753. The first kappa shape index (κ1) is 21.1. The fraction of sp³-hybridized carbons (Fsp3) is 0.913. The summed E-state index contributed by atoms with van der Waals surface area (Å²) in [6.45, 7) is 0. The van der Waals surface area contributed by atoms with E-state index in [2.05, 4.69) is 35.8 Å². The van der Waals surface area contributed by atoms with Crippen LogP contribution in [-0.4, -0.2) is 64.2 Å². The van der Waals surface area contributed by atoms with Gasteiger partial charge >= 0.3 is 0 Å². The van der Waals surface area contributed by atoms with Crippen molar-refractivity contribution < 1.29 is 0 Å². The van der Waals surface area contributed by atoms with E-state index in [-0.39, 0.29) is 0 Å². The van der Waals surface area contributed by atoms with Gasteiger partial charge in [-0.15, -0.1) is 0 Å². The van der Waals surface area contributed by atoms with E-state index in [1.807, 2.05) is 0 Å². The molecule has 3 saturated carbocycles. The Bertz CT molecular complexity index is 448. The average molecular weight is 392 g/mol. The second-order valence-electron chi connectivity index (χ2n) is 9.62. The molecule has 0 atom stereocenters. The number of nitrogens with zero attached hydrogens (tertiary/aromatic N) is 3. The Morgan fingerprint density at radius 1 is 0.519 bits per heavy atom. The molecule has 0 spiro atoms. The predicted octanol–water partition coefficient (Wildman–Crippen LogP) is 4.27. The van der Waals surface area contributed by atoms with Crippen LogP contribution in [0.25, 0.3) is 0 Å². The van der Waals surface area contributed by atoms with E-state index in [0.717, 1.165) is 28.4 Å². The molecule has 0 radical (unpaired) electrons. The van der Waals surface area contributed by atoms with E-state index in [0.29, 0.717) is 0 Å².